The highest BCUT2D eigenvalue weighted by Crippen LogP contribution is 2.51. The second-order valence-electron chi connectivity index (χ2n) is 6.04. The van der Waals surface area contributed by atoms with Crippen molar-refractivity contribution in [2.45, 2.75) is 39.0 Å². The fraction of sp³-hybridized carbons (Fsp3) is 0.923. The quantitative estimate of drug-likeness (QED) is 0.765. The largest absolute Gasteiger partial charge is 0.342 e. The molecule has 0 aromatic rings. The molecule has 0 radical (unpaired) electrons. The number of carbonyl (C=O) groups is 1. The van der Waals surface area contributed by atoms with E-state index in [1.165, 1.54) is 12.8 Å². The summed E-state index contributed by atoms with van der Waals surface area (Å²) in [6.07, 6.45) is 5.77. The fourth-order valence-corrected chi connectivity index (χ4v) is 3.46. The average Bonchev–Trinajstić information content (AvgIpc) is 2.80. The maximum atomic E-state index is 12.4. The predicted molar refractivity (Wildman–Crippen MR) is 63.1 cm³/mol. The summed E-state index contributed by atoms with van der Waals surface area (Å²) in [7, 11) is 0. The Kier molecular flexibility index (Phi) is 2.29. The first-order chi connectivity index (χ1) is 7.70. The topological polar surface area (TPSA) is 32.3 Å². The van der Waals surface area contributed by atoms with Gasteiger partial charge in [0.2, 0.25) is 5.91 Å². The van der Waals surface area contributed by atoms with Crippen LogP contribution in [-0.2, 0) is 4.79 Å². The number of nitrogens with zero attached hydrogens (tertiary/aromatic N) is 1. The molecule has 2 heterocycles. The summed E-state index contributed by atoms with van der Waals surface area (Å²) in [5.74, 6) is 0.457. The summed E-state index contributed by atoms with van der Waals surface area (Å²) in [5.41, 5.74) is 0.497. The van der Waals surface area contributed by atoms with Gasteiger partial charge in [0.25, 0.3) is 0 Å². The molecule has 1 unspecified atom stereocenters. The lowest BCUT2D eigenvalue weighted by atomic mass is 9.86. The van der Waals surface area contributed by atoms with Crippen LogP contribution in [0.1, 0.15) is 39.0 Å². The molecule has 0 bridgehead atoms. The second kappa shape index (κ2) is 3.46. The highest BCUT2D eigenvalue weighted by atomic mass is 16.2. The average molecular weight is 222 g/mol. The van der Waals surface area contributed by atoms with Crippen LogP contribution in [0.15, 0.2) is 0 Å². The number of amides is 1. The summed E-state index contributed by atoms with van der Waals surface area (Å²) in [4.78, 5) is 14.6. The Balaban J connectivity index is 1.67. The van der Waals surface area contributed by atoms with E-state index in [1.807, 2.05) is 0 Å². The molecule has 0 aromatic heterocycles. The van der Waals surface area contributed by atoms with Gasteiger partial charge in [0.15, 0.2) is 0 Å². The normalized spacial score (nSPS) is 35.9. The van der Waals surface area contributed by atoms with Crippen LogP contribution in [0.25, 0.3) is 0 Å². The number of hydrogen-bond acceptors (Lipinski definition) is 2. The van der Waals surface area contributed by atoms with Crippen LogP contribution in [0.4, 0.5) is 0 Å². The first-order valence-electron chi connectivity index (χ1n) is 6.70. The van der Waals surface area contributed by atoms with E-state index in [-0.39, 0.29) is 5.41 Å². The van der Waals surface area contributed by atoms with Gasteiger partial charge in [-0.3, -0.25) is 4.79 Å². The third kappa shape index (κ3) is 1.48. The summed E-state index contributed by atoms with van der Waals surface area (Å²) in [5, 5.41) is 3.44. The number of nitrogens with one attached hydrogen (secondary N) is 1. The van der Waals surface area contributed by atoms with E-state index in [9.17, 15) is 4.79 Å². The first kappa shape index (κ1) is 10.6. The molecule has 3 aliphatic rings. The van der Waals surface area contributed by atoms with Crippen LogP contribution in [0.2, 0.25) is 0 Å². The molecular weight excluding hydrogens is 200 g/mol. The number of carbonyl (C=O) groups excluding carboxylic acids is 1. The van der Waals surface area contributed by atoms with Gasteiger partial charge in [-0.05, 0) is 38.6 Å². The lowest BCUT2D eigenvalue weighted by Crippen LogP contribution is -2.37. The highest BCUT2D eigenvalue weighted by Gasteiger charge is 2.52. The molecule has 0 aromatic carbocycles. The molecule has 3 rings (SSSR count). The molecule has 3 heteroatoms. The smallest absolute Gasteiger partial charge is 0.228 e. The van der Waals surface area contributed by atoms with Crippen LogP contribution in [0.5, 0.6) is 0 Å². The van der Waals surface area contributed by atoms with Crippen molar-refractivity contribution < 1.29 is 4.79 Å². The zero-order valence-corrected chi connectivity index (χ0v) is 10.2. The molecule has 1 atom stereocenters. The summed E-state index contributed by atoms with van der Waals surface area (Å²) in [6.45, 7) is 6.44. The van der Waals surface area contributed by atoms with E-state index < -0.39 is 0 Å². The van der Waals surface area contributed by atoms with E-state index in [0.717, 1.165) is 45.4 Å². The lowest BCUT2D eigenvalue weighted by molar-refractivity contribution is -0.136. The Hall–Kier alpha value is -0.570. The third-order valence-corrected chi connectivity index (χ3v) is 5.04. The molecule has 1 N–H and O–H groups in total. The van der Waals surface area contributed by atoms with Crippen molar-refractivity contribution in [2.75, 3.05) is 26.2 Å². The van der Waals surface area contributed by atoms with Crippen molar-refractivity contribution in [1.82, 2.24) is 10.2 Å². The Morgan fingerprint density at radius 1 is 1.31 bits per heavy atom. The monoisotopic (exact) mass is 222 g/mol. The maximum Gasteiger partial charge on any atom is 0.228 e. The molecule has 90 valence electrons. The second-order valence-corrected chi connectivity index (χ2v) is 6.04. The molecule has 16 heavy (non-hydrogen) atoms. The van der Waals surface area contributed by atoms with Crippen molar-refractivity contribution in [1.29, 1.82) is 0 Å². The van der Waals surface area contributed by atoms with Gasteiger partial charge in [-0.1, -0.05) is 6.92 Å². The fourth-order valence-electron chi connectivity index (χ4n) is 3.46. The minimum atomic E-state index is 0.0670. The van der Waals surface area contributed by atoms with E-state index in [1.54, 1.807) is 0 Å². The Labute approximate surface area is 97.6 Å². The summed E-state index contributed by atoms with van der Waals surface area (Å²) in [6, 6.07) is 0. The highest BCUT2D eigenvalue weighted by molar-refractivity contribution is 5.85. The molecule has 3 nitrogen and oxygen atoms in total. The van der Waals surface area contributed by atoms with Gasteiger partial charge in [-0.25, -0.2) is 0 Å². The van der Waals surface area contributed by atoms with Gasteiger partial charge in [-0.15, -0.1) is 0 Å². The third-order valence-electron chi connectivity index (χ3n) is 5.04. The van der Waals surface area contributed by atoms with Gasteiger partial charge in [0, 0.05) is 30.5 Å². The zero-order chi connectivity index (χ0) is 11.2. The van der Waals surface area contributed by atoms with Crippen LogP contribution in [-0.4, -0.2) is 37.0 Å². The molecule has 2 aliphatic heterocycles. The van der Waals surface area contributed by atoms with Crippen LogP contribution in [0, 0.1) is 10.8 Å². The van der Waals surface area contributed by atoms with Gasteiger partial charge < -0.3 is 10.2 Å². The van der Waals surface area contributed by atoms with Gasteiger partial charge >= 0.3 is 0 Å². The molecular formula is C13H22N2O. The SMILES string of the molecule is CCC1(C(=O)N2CCC3(CCNC3)C2)CC1. The number of rotatable bonds is 2. The molecule has 1 aliphatic carbocycles. The van der Waals surface area contributed by atoms with Crippen molar-refractivity contribution in [3.63, 3.8) is 0 Å². The van der Waals surface area contributed by atoms with Crippen molar-refractivity contribution in [2.24, 2.45) is 10.8 Å². The molecule has 3 fully saturated rings. The van der Waals surface area contributed by atoms with Crippen LogP contribution in [0.3, 0.4) is 0 Å². The minimum absolute atomic E-state index is 0.0670. The minimum Gasteiger partial charge on any atom is -0.342 e. The standard InChI is InChI=1S/C13H22N2O/c1-2-13(3-4-13)11(16)15-8-6-12(10-15)5-7-14-9-12/h14H,2-10H2,1H3. The molecule has 2 saturated heterocycles. The summed E-state index contributed by atoms with van der Waals surface area (Å²) < 4.78 is 0. The van der Waals surface area contributed by atoms with Gasteiger partial charge in [0.05, 0.1) is 0 Å². The van der Waals surface area contributed by atoms with Gasteiger partial charge in [-0.2, -0.15) is 0 Å². The van der Waals surface area contributed by atoms with Crippen molar-refractivity contribution in [3.8, 4) is 0 Å². The predicted octanol–water partition coefficient (Wildman–Crippen LogP) is 1.39. The Morgan fingerprint density at radius 2 is 2.12 bits per heavy atom. The van der Waals surface area contributed by atoms with Gasteiger partial charge in [0.1, 0.15) is 0 Å². The number of likely N-dealkylation sites (tertiary alicyclic amines) is 1. The van der Waals surface area contributed by atoms with Crippen molar-refractivity contribution >= 4 is 5.91 Å². The molecule has 1 spiro atoms. The Morgan fingerprint density at radius 3 is 2.69 bits per heavy atom. The van der Waals surface area contributed by atoms with Crippen LogP contribution < -0.4 is 5.32 Å². The zero-order valence-electron chi connectivity index (χ0n) is 10.2. The number of hydrogen-bond donors (Lipinski definition) is 1. The van der Waals surface area contributed by atoms with Crippen molar-refractivity contribution in [3.05, 3.63) is 0 Å². The first-order valence-corrected chi connectivity index (χ1v) is 6.70. The van der Waals surface area contributed by atoms with E-state index in [2.05, 4.69) is 17.1 Å². The van der Waals surface area contributed by atoms with E-state index >= 15 is 0 Å². The maximum absolute atomic E-state index is 12.4. The molecule has 1 amide bonds. The van der Waals surface area contributed by atoms with E-state index in [0.29, 0.717) is 11.3 Å². The lowest BCUT2D eigenvalue weighted by Gasteiger charge is -2.25. The summed E-state index contributed by atoms with van der Waals surface area (Å²) >= 11 is 0. The van der Waals surface area contributed by atoms with E-state index in [4.69, 9.17) is 0 Å². The van der Waals surface area contributed by atoms with Crippen LogP contribution >= 0.6 is 0 Å². The Bertz CT molecular complexity index is 303. The molecule has 1 saturated carbocycles.